The van der Waals surface area contributed by atoms with E-state index in [9.17, 15) is 0 Å². The van der Waals surface area contributed by atoms with Gasteiger partial charge in [-0.3, -0.25) is 9.58 Å². The van der Waals surface area contributed by atoms with Crippen LogP contribution in [-0.2, 0) is 11.2 Å². The number of H-pyrrole nitrogens is 1. The first kappa shape index (κ1) is 27.1. The minimum Gasteiger partial charge on any atom is -0.496 e. The van der Waals surface area contributed by atoms with E-state index in [-0.39, 0.29) is 0 Å². The standard InChI is InChI=1S/C33H43N5O2/c1-39-21-5-15-36-17-19-37(20-18-36)29-10-12-30(13-11-29)38-16-14-31(35-38)26-9-8-25-22-28(34-32(25)24-26)23-27-6-3-4-7-33(27)40-2/h3-4,6-9,14,16,22,24,29-30,34H,5,10-13,15,17-21,23H2,1-2H3/t29-,30-. The predicted octanol–water partition coefficient (Wildman–Crippen LogP) is 5.77. The van der Waals surface area contributed by atoms with Crippen LogP contribution in [0.1, 0.15) is 49.4 Å². The molecule has 0 spiro atoms. The highest BCUT2D eigenvalue weighted by atomic mass is 16.5. The van der Waals surface area contributed by atoms with E-state index in [0.717, 1.165) is 54.6 Å². The molecule has 0 bridgehead atoms. The summed E-state index contributed by atoms with van der Waals surface area (Å²) in [7, 11) is 3.52. The molecule has 2 aliphatic rings. The summed E-state index contributed by atoms with van der Waals surface area (Å²) in [6.07, 6.45) is 9.10. The van der Waals surface area contributed by atoms with Crippen LogP contribution >= 0.6 is 0 Å². The molecular formula is C33H43N5O2. The summed E-state index contributed by atoms with van der Waals surface area (Å²) in [5, 5.41) is 6.27. The number of ether oxygens (including phenoxy) is 2. The maximum absolute atomic E-state index is 5.54. The lowest BCUT2D eigenvalue weighted by atomic mass is 9.90. The predicted molar refractivity (Wildman–Crippen MR) is 161 cm³/mol. The van der Waals surface area contributed by atoms with Crippen LogP contribution in [0.4, 0.5) is 0 Å². The Hall–Kier alpha value is -3.13. The first-order valence-electron chi connectivity index (χ1n) is 14.9. The van der Waals surface area contributed by atoms with Gasteiger partial charge in [-0.25, -0.2) is 0 Å². The Balaban J connectivity index is 1.05. The van der Waals surface area contributed by atoms with Gasteiger partial charge in [0.25, 0.3) is 0 Å². The van der Waals surface area contributed by atoms with Crippen molar-refractivity contribution in [2.75, 3.05) is 53.6 Å². The minimum absolute atomic E-state index is 0.502. The Morgan fingerprint density at radius 1 is 0.900 bits per heavy atom. The summed E-state index contributed by atoms with van der Waals surface area (Å²) in [4.78, 5) is 8.96. The van der Waals surface area contributed by atoms with Crippen molar-refractivity contribution in [1.82, 2.24) is 24.6 Å². The van der Waals surface area contributed by atoms with Gasteiger partial charge in [-0.2, -0.15) is 5.10 Å². The fourth-order valence-corrected chi connectivity index (χ4v) is 6.66. The van der Waals surface area contributed by atoms with Crippen molar-refractivity contribution in [2.45, 2.75) is 50.6 Å². The molecule has 2 fully saturated rings. The smallest absolute Gasteiger partial charge is 0.122 e. The number of benzene rings is 2. The quantitative estimate of drug-likeness (QED) is 0.258. The van der Waals surface area contributed by atoms with Crippen molar-refractivity contribution >= 4 is 10.9 Å². The van der Waals surface area contributed by atoms with E-state index in [4.69, 9.17) is 14.6 Å². The molecular weight excluding hydrogens is 498 g/mol. The molecule has 1 aliphatic carbocycles. The van der Waals surface area contributed by atoms with Crippen LogP contribution < -0.4 is 4.74 Å². The van der Waals surface area contributed by atoms with Gasteiger partial charge in [0.05, 0.1) is 18.8 Å². The second-order valence-corrected chi connectivity index (χ2v) is 11.5. The fourth-order valence-electron chi connectivity index (χ4n) is 6.66. The normalized spacial score (nSPS) is 20.8. The molecule has 0 atom stereocenters. The summed E-state index contributed by atoms with van der Waals surface area (Å²) < 4.78 is 13.0. The molecule has 212 valence electrons. The summed E-state index contributed by atoms with van der Waals surface area (Å²) in [5.74, 6) is 0.928. The summed E-state index contributed by atoms with van der Waals surface area (Å²) in [6.45, 7) is 6.83. The van der Waals surface area contributed by atoms with Crippen LogP contribution in [0.15, 0.2) is 60.8 Å². The zero-order chi connectivity index (χ0) is 27.3. The van der Waals surface area contributed by atoms with Crippen LogP contribution in [0.3, 0.4) is 0 Å². The van der Waals surface area contributed by atoms with Gasteiger partial charge in [0.15, 0.2) is 0 Å². The van der Waals surface area contributed by atoms with Gasteiger partial charge < -0.3 is 19.4 Å². The number of para-hydroxylation sites is 1. The van der Waals surface area contributed by atoms with Gasteiger partial charge in [-0.1, -0.05) is 30.3 Å². The van der Waals surface area contributed by atoms with Crippen molar-refractivity contribution in [1.29, 1.82) is 0 Å². The van der Waals surface area contributed by atoms with Crippen LogP contribution in [0, 0.1) is 0 Å². The topological polar surface area (TPSA) is 58.5 Å². The van der Waals surface area contributed by atoms with Gasteiger partial charge in [0.1, 0.15) is 5.75 Å². The molecule has 1 saturated carbocycles. The first-order chi connectivity index (χ1) is 19.7. The van der Waals surface area contributed by atoms with Crippen molar-refractivity contribution in [3.8, 4) is 17.0 Å². The SMILES string of the molecule is COCCCN1CCN([C@H]2CC[C@H](n3ccc(-c4ccc5cc(Cc6ccccc6OC)[nH]c5c4)n3)CC2)CC1. The van der Waals surface area contributed by atoms with E-state index in [0.29, 0.717) is 6.04 Å². The van der Waals surface area contributed by atoms with Gasteiger partial charge in [0.2, 0.25) is 0 Å². The highest BCUT2D eigenvalue weighted by Gasteiger charge is 2.29. The number of hydrogen-bond donors (Lipinski definition) is 1. The Kier molecular flexibility index (Phi) is 8.51. The van der Waals surface area contributed by atoms with Crippen molar-refractivity contribution < 1.29 is 9.47 Å². The number of methoxy groups -OCH3 is 2. The third-order valence-electron chi connectivity index (χ3n) is 8.94. The van der Waals surface area contributed by atoms with E-state index in [1.54, 1.807) is 14.2 Å². The van der Waals surface area contributed by atoms with Gasteiger partial charge >= 0.3 is 0 Å². The van der Waals surface area contributed by atoms with E-state index in [1.165, 1.54) is 68.5 Å². The van der Waals surface area contributed by atoms with Gasteiger partial charge in [-0.05, 0) is 67.3 Å². The largest absolute Gasteiger partial charge is 0.496 e. The zero-order valence-corrected chi connectivity index (χ0v) is 24.0. The Bertz CT molecular complexity index is 1380. The monoisotopic (exact) mass is 541 g/mol. The number of hydrogen-bond acceptors (Lipinski definition) is 5. The van der Waals surface area contributed by atoms with E-state index in [2.05, 4.69) is 68.1 Å². The Labute approximate surface area is 238 Å². The average Bonchev–Trinajstić information content (AvgIpc) is 3.65. The van der Waals surface area contributed by atoms with Crippen LogP contribution in [0.5, 0.6) is 5.75 Å². The van der Waals surface area contributed by atoms with Crippen LogP contribution in [-0.4, -0.2) is 84.2 Å². The molecule has 40 heavy (non-hydrogen) atoms. The molecule has 1 N–H and O–H groups in total. The Morgan fingerprint density at radius 2 is 1.70 bits per heavy atom. The number of rotatable bonds is 10. The third kappa shape index (κ3) is 6.12. The molecule has 1 aliphatic heterocycles. The molecule has 1 saturated heterocycles. The Morgan fingerprint density at radius 3 is 2.50 bits per heavy atom. The number of piperazine rings is 1. The molecule has 0 unspecified atom stereocenters. The second-order valence-electron chi connectivity index (χ2n) is 11.5. The second kappa shape index (κ2) is 12.6. The molecule has 4 aromatic rings. The van der Waals surface area contributed by atoms with Gasteiger partial charge in [0, 0.05) is 81.9 Å². The summed E-state index contributed by atoms with van der Waals surface area (Å²) in [5.41, 5.74) is 5.73. The van der Waals surface area contributed by atoms with E-state index >= 15 is 0 Å². The number of aromatic nitrogens is 3. The number of aromatic amines is 1. The van der Waals surface area contributed by atoms with Crippen LogP contribution in [0.25, 0.3) is 22.2 Å². The van der Waals surface area contributed by atoms with Crippen molar-refractivity contribution in [3.63, 3.8) is 0 Å². The van der Waals surface area contributed by atoms with Crippen molar-refractivity contribution in [2.24, 2.45) is 0 Å². The number of nitrogens with one attached hydrogen (secondary N) is 1. The molecule has 2 aromatic carbocycles. The maximum Gasteiger partial charge on any atom is 0.122 e. The lowest BCUT2D eigenvalue weighted by Gasteiger charge is -2.42. The summed E-state index contributed by atoms with van der Waals surface area (Å²) in [6, 6.07) is 20.5. The van der Waals surface area contributed by atoms with Crippen LogP contribution in [0.2, 0.25) is 0 Å². The first-order valence-corrected chi connectivity index (χ1v) is 14.9. The zero-order valence-electron chi connectivity index (χ0n) is 24.0. The molecule has 0 radical (unpaired) electrons. The highest BCUT2D eigenvalue weighted by Crippen LogP contribution is 2.33. The number of fused-ring (bicyclic) bond motifs is 1. The van der Waals surface area contributed by atoms with Crippen molar-refractivity contribution in [3.05, 3.63) is 72.1 Å². The molecule has 3 heterocycles. The molecule has 7 nitrogen and oxygen atoms in total. The number of nitrogens with zero attached hydrogens (tertiary/aromatic N) is 4. The molecule has 0 amide bonds. The van der Waals surface area contributed by atoms with Gasteiger partial charge in [-0.15, -0.1) is 0 Å². The lowest BCUT2D eigenvalue weighted by molar-refractivity contribution is 0.0659. The molecule has 2 aromatic heterocycles. The van der Waals surface area contributed by atoms with E-state index < -0.39 is 0 Å². The third-order valence-corrected chi connectivity index (χ3v) is 8.94. The average molecular weight is 542 g/mol. The minimum atomic E-state index is 0.502. The van der Waals surface area contributed by atoms with E-state index in [1.807, 2.05) is 12.1 Å². The fraction of sp³-hybridized carbons (Fsp3) is 0.485. The molecule has 6 rings (SSSR count). The maximum atomic E-state index is 5.54. The summed E-state index contributed by atoms with van der Waals surface area (Å²) >= 11 is 0. The highest BCUT2D eigenvalue weighted by molar-refractivity contribution is 5.85. The lowest BCUT2D eigenvalue weighted by Crippen LogP contribution is -2.51. The molecule has 7 heteroatoms.